The predicted octanol–water partition coefficient (Wildman–Crippen LogP) is 3.81. The Labute approximate surface area is 156 Å². The van der Waals surface area contributed by atoms with E-state index in [9.17, 15) is 10.1 Å². The van der Waals surface area contributed by atoms with Gasteiger partial charge in [0.15, 0.2) is 0 Å². The van der Waals surface area contributed by atoms with Crippen molar-refractivity contribution in [2.24, 2.45) is 0 Å². The first-order valence-electron chi connectivity index (χ1n) is 9.80. The van der Waals surface area contributed by atoms with Crippen molar-refractivity contribution in [1.29, 1.82) is 5.26 Å². The molecule has 5 heteroatoms. The van der Waals surface area contributed by atoms with E-state index >= 15 is 0 Å². The second kappa shape index (κ2) is 8.55. The Balaban J connectivity index is 1.74. The highest BCUT2D eigenvalue weighted by Crippen LogP contribution is 2.32. The lowest BCUT2D eigenvalue weighted by atomic mass is 9.95. The summed E-state index contributed by atoms with van der Waals surface area (Å²) in [6.45, 7) is 5.43. The van der Waals surface area contributed by atoms with Crippen LogP contribution in [-0.2, 0) is 9.53 Å². The van der Waals surface area contributed by atoms with Crippen molar-refractivity contribution in [3.05, 3.63) is 28.6 Å². The molecule has 140 valence electrons. The van der Waals surface area contributed by atoms with Crippen LogP contribution in [0.2, 0.25) is 0 Å². The van der Waals surface area contributed by atoms with Crippen LogP contribution in [0.5, 0.6) is 0 Å². The van der Waals surface area contributed by atoms with Crippen molar-refractivity contribution in [2.75, 3.05) is 13.2 Å². The second-order valence-corrected chi connectivity index (χ2v) is 7.50. The summed E-state index contributed by atoms with van der Waals surface area (Å²) in [7, 11) is 0. The minimum Gasteiger partial charge on any atom is -0.376 e. The first-order valence-corrected chi connectivity index (χ1v) is 9.80. The molecular formula is C21H29N3O2. The van der Waals surface area contributed by atoms with Crippen LogP contribution >= 0.6 is 0 Å². The van der Waals surface area contributed by atoms with E-state index in [-0.39, 0.29) is 17.6 Å². The smallest absolute Gasteiger partial charge is 0.262 e. The maximum absolute atomic E-state index is 12.4. The van der Waals surface area contributed by atoms with Gasteiger partial charge >= 0.3 is 0 Å². The van der Waals surface area contributed by atoms with Crippen LogP contribution in [0.15, 0.2) is 11.6 Å². The number of hydrogen-bond acceptors (Lipinski definition) is 3. The van der Waals surface area contributed by atoms with E-state index in [4.69, 9.17) is 4.74 Å². The number of carbonyl (C=O) groups excluding carboxylic acids is 1. The van der Waals surface area contributed by atoms with Gasteiger partial charge in [0, 0.05) is 30.6 Å². The highest BCUT2D eigenvalue weighted by atomic mass is 16.5. The SMILES string of the molecule is Cc1cc(/C=C(\C#N)C(=O)NC[C@H]2CCCO2)c(C)n1C1CCCCC1. The van der Waals surface area contributed by atoms with Crippen LogP contribution in [0.3, 0.4) is 0 Å². The van der Waals surface area contributed by atoms with Crippen LogP contribution in [0, 0.1) is 25.2 Å². The molecule has 1 atom stereocenters. The molecule has 2 aliphatic rings. The third-order valence-electron chi connectivity index (χ3n) is 5.64. The Morgan fingerprint density at radius 1 is 1.31 bits per heavy atom. The third kappa shape index (κ3) is 4.19. The first-order chi connectivity index (χ1) is 12.6. The number of ether oxygens (including phenoxy) is 1. The summed E-state index contributed by atoms with van der Waals surface area (Å²) in [6, 6.07) is 4.70. The molecule has 1 aliphatic carbocycles. The number of amides is 1. The van der Waals surface area contributed by atoms with Crippen LogP contribution in [0.4, 0.5) is 0 Å². The quantitative estimate of drug-likeness (QED) is 0.645. The summed E-state index contributed by atoms with van der Waals surface area (Å²) in [5.74, 6) is -0.314. The number of aromatic nitrogens is 1. The van der Waals surface area contributed by atoms with E-state index in [2.05, 4.69) is 35.9 Å². The van der Waals surface area contributed by atoms with E-state index in [1.807, 2.05) is 0 Å². The first kappa shape index (κ1) is 18.7. The fourth-order valence-corrected chi connectivity index (χ4v) is 4.26. The molecule has 1 aliphatic heterocycles. The Bertz CT molecular complexity index is 714. The Morgan fingerprint density at radius 3 is 2.73 bits per heavy atom. The van der Waals surface area contributed by atoms with E-state index in [0.717, 1.165) is 30.7 Å². The topological polar surface area (TPSA) is 67.1 Å². The highest BCUT2D eigenvalue weighted by molar-refractivity contribution is 6.01. The average Bonchev–Trinajstić information content (AvgIpc) is 3.26. The Hall–Kier alpha value is -2.06. The molecule has 0 spiro atoms. The molecule has 26 heavy (non-hydrogen) atoms. The minimum atomic E-state index is -0.314. The number of rotatable bonds is 5. The highest BCUT2D eigenvalue weighted by Gasteiger charge is 2.21. The van der Waals surface area contributed by atoms with Gasteiger partial charge in [-0.25, -0.2) is 0 Å². The number of nitriles is 1. The van der Waals surface area contributed by atoms with E-state index in [1.165, 1.54) is 37.8 Å². The fourth-order valence-electron chi connectivity index (χ4n) is 4.26. The number of aryl methyl sites for hydroxylation is 1. The normalized spacial score (nSPS) is 21.6. The standard InChI is InChI=1S/C21H29N3O2/c1-15-11-17(16(2)24(15)19-7-4-3-5-8-19)12-18(13-22)21(25)23-14-20-9-6-10-26-20/h11-12,19-20H,3-10,14H2,1-2H3,(H,23,25)/b18-12+/t20-/m1/s1. The van der Waals surface area contributed by atoms with Crippen molar-refractivity contribution in [1.82, 2.24) is 9.88 Å². The molecule has 1 aromatic heterocycles. The summed E-state index contributed by atoms with van der Waals surface area (Å²) in [6.07, 6.45) is 10.1. The summed E-state index contributed by atoms with van der Waals surface area (Å²) in [5.41, 5.74) is 3.48. The average molecular weight is 355 g/mol. The molecule has 0 radical (unpaired) electrons. The molecule has 1 amide bonds. The van der Waals surface area contributed by atoms with Gasteiger partial charge in [-0.1, -0.05) is 19.3 Å². The lowest BCUT2D eigenvalue weighted by molar-refractivity contribution is -0.117. The minimum absolute atomic E-state index is 0.0789. The van der Waals surface area contributed by atoms with Gasteiger partial charge in [-0.3, -0.25) is 4.79 Å². The van der Waals surface area contributed by atoms with Crippen LogP contribution in [0.1, 0.15) is 67.9 Å². The largest absolute Gasteiger partial charge is 0.376 e. The van der Waals surface area contributed by atoms with Gasteiger partial charge in [0.1, 0.15) is 11.6 Å². The van der Waals surface area contributed by atoms with Crippen molar-refractivity contribution in [2.45, 2.75) is 70.9 Å². The Morgan fingerprint density at radius 2 is 2.08 bits per heavy atom. The summed E-state index contributed by atoms with van der Waals surface area (Å²) in [5, 5.41) is 12.3. The summed E-state index contributed by atoms with van der Waals surface area (Å²) in [4.78, 5) is 12.4. The molecule has 0 aromatic carbocycles. The molecule has 2 heterocycles. The molecule has 1 N–H and O–H groups in total. The lowest BCUT2D eigenvalue weighted by Crippen LogP contribution is -2.32. The van der Waals surface area contributed by atoms with Crippen LogP contribution < -0.4 is 5.32 Å². The lowest BCUT2D eigenvalue weighted by Gasteiger charge is -2.26. The van der Waals surface area contributed by atoms with Crippen molar-refractivity contribution in [3.63, 3.8) is 0 Å². The zero-order valence-corrected chi connectivity index (χ0v) is 15.9. The summed E-state index contributed by atoms with van der Waals surface area (Å²) >= 11 is 0. The monoisotopic (exact) mass is 355 g/mol. The molecule has 1 saturated carbocycles. The van der Waals surface area contributed by atoms with Crippen molar-refractivity contribution >= 4 is 12.0 Å². The van der Waals surface area contributed by atoms with E-state index in [0.29, 0.717) is 12.6 Å². The number of hydrogen-bond donors (Lipinski definition) is 1. The second-order valence-electron chi connectivity index (χ2n) is 7.50. The summed E-state index contributed by atoms with van der Waals surface area (Å²) < 4.78 is 7.91. The molecule has 1 aromatic rings. The van der Waals surface area contributed by atoms with Gasteiger partial charge < -0.3 is 14.6 Å². The van der Waals surface area contributed by atoms with Gasteiger partial charge in [0.2, 0.25) is 0 Å². The molecule has 1 saturated heterocycles. The number of carbonyl (C=O) groups is 1. The molecule has 0 bridgehead atoms. The maximum atomic E-state index is 12.4. The molecule has 2 fully saturated rings. The molecular weight excluding hydrogens is 326 g/mol. The zero-order chi connectivity index (χ0) is 18.5. The third-order valence-corrected chi connectivity index (χ3v) is 5.64. The van der Waals surface area contributed by atoms with E-state index in [1.54, 1.807) is 6.08 Å². The van der Waals surface area contributed by atoms with Crippen molar-refractivity contribution in [3.8, 4) is 6.07 Å². The van der Waals surface area contributed by atoms with Crippen molar-refractivity contribution < 1.29 is 9.53 Å². The van der Waals surface area contributed by atoms with E-state index < -0.39 is 0 Å². The van der Waals surface area contributed by atoms with Gasteiger partial charge in [-0.2, -0.15) is 5.26 Å². The molecule has 0 unspecified atom stereocenters. The van der Waals surface area contributed by atoms with Gasteiger partial charge in [0.25, 0.3) is 5.91 Å². The van der Waals surface area contributed by atoms with Gasteiger partial charge in [-0.15, -0.1) is 0 Å². The van der Waals surface area contributed by atoms with Crippen LogP contribution in [0.25, 0.3) is 6.08 Å². The fraction of sp³-hybridized carbons (Fsp3) is 0.619. The number of nitrogens with one attached hydrogen (secondary N) is 1. The van der Waals surface area contributed by atoms with Gasteiger partial charge in [-0.05, 0) is 57.2 Å². The van der Waals surface area contributed by atoms with Gasteiger partial charge in [0.05, 0.1) is 6.10 Å². The molecule has 5 nitrogen and oxygen atoms in total. The number of nitrogens with zero attached hydrogens (tertiary/aromatic N) is 2. The predicted molar refractivity (Wildman–Crippen MR) is 102 cm³/mol. The Kier molecular flexibility index (Phi) is 6.16. The van der Waals surface area contributed by atoms with Crippen LogP contribution in [-0.4, -0.2) is 29.7 Å². The molecule has 3 rings (SSSR count). The maximum Gasteiger partial charge on any atom is 0.262 e. The zero-order valence-electron chi connectivity index (χ0n) is 15.9.